The molecular formula is C15H17ClN2OS. The van der Waals surface area contributed by atoms with Gasteiger partial charge in [0.1, 0.15) is 4.88 Å². The minimum absolute atomic E-state index is 0.0841. The number of halogens is 1. The monoisotopic (exact) mass is 308 g/mol. The number of nitrogens with one attached hydrogen (secondary N) is 1. The van der Waals surface area contributed by atoms with Gasteiger partial charge in [0, 0.05) is 16.1 Å². The Morgan fingerprint density at radius 3 is 2.85 bits per heavy atom. The SMILES string of the molecule is CC(NC(=O)c1sc2cccc(Cl)c2c1N)C1CCC1. The summed E-state index contributed by atoms with van der Waals surface area (Å²) in [5.74, 6) is 0.525. The maximum absolute atomic E-state index is 12.4. The molecule has 20 heavy (non-hydrogen) atoms. The second kappa shape index (κ2) is 5.26. The number of hydrogen-bond donors (Lipinski definition) is 2. The molecule has 0 spiro atoms. The quantitative estimate of drug-likeness (QED) is 0.898. The number of nitrogen functional groups attached to an aromatic ring is 1. The average Bonchev–Trinajstić information content (AvgIpc) is 2.65. The van der Waals surface area contributed by atoms with Crippen molar-refractivity contribution >= 4 is 44.6 Å². The molecule has 1 aliphatic rings. The Kier molecular flexibility index (Phi) is 3.61. The molecule has 5 heteroatoms. The molecule has 1 aliphatic carbocycles. The van der Waals surface area contributed by atoms with Crippen LogP contribution in [0.1, 0.15) is 35.9 Å². The van der Waals surface area contributed by atoms with E-state index in [-0.39, 0.29) is 11.9 Å². The zero-order valence-corrected chi connectivity index (χ0v) is 12.9. The van der Waals surface area contributed by atoms with Crippen LogP contribution in [0.25, 0.3) is 10.1 Å². The third-order valence-corrected chi connectivity index (χ3v) is 5.61. The van der Waals surface area contributed by atoms with Crippen molar-refractivity contribution in [2.24, 2.45) is 5.92 Å². The van der Waals surface area contributed by atoms with E-state index in [2.05, 4.69) is 12.2 Å². The van der Waals surface area contributed by atoms with E-state index < -0.39 is 0 Å². The fourth-order valence-electron chi connectivity index (χ4n) is 2.63. The number of carbonyl (C=O) groups excluding carboxylic acids is 1. The highest BCUT2D eigenvalue weighted by Crippen LogP contribution is 2.38. The molecule has 3 nitrogen and oxygen atoms in total. The number of rotatable bonds is 3. The van der Waals surface area contributed by atoms with Gasteiger partial charge >= 0.3 is 0 Å². The lowest BCUT2D eigenvalue weighted by molar-refractivity contribution is 0.0914. The average molecular weight is 309 g/mol. The number of benzene rings is 1. The van der Waals surface area contributed by atoms with Crippen LogP contribution in [0.2, 0.25) is 5.02 Å². The van der Waals surface area contributed by atoms with Crippen molar-refractivity contribution in [1.29, 1.82) is 0 Å². The largest absolute Gasteiger partial charge is 0.397 e. The predicted octanol–water partition coefficient (Wildman–Crippen LogP) is 4.06. The molecule has 3 rings (SSSR count). The van der Waals surface area contributed by atoms with E-state index in [1.54, 1.807) is 6.07 Å². The number of hydrogen-bond acceptors (Lipinski definition) is 3. The molecule has 0 aliphatic heterocycles. The third kappa shape index (κ3) is 2.27. The van der Waals surface area contributed by atoms with Gasteiger partial charge in [-0.1, -0.05) is 24.1 Å². The van der Waals surface area contributed by atoms with Gasteiger partial charge in [0.25, 0.3) is 5.91 Å². The molecule has 1 aromatic carbocycles. The Morgan fingerprint density at radius 1 is 1.50 bits per heavy atom. The Hall–Kier alpha value is -1.26. The first kappa shape index (κ1) is 13.7. The molecule has 2 aromatic rings. The van der Waals surface area contributed by atoms with Crippen molar-refractivity contribution < 1.29 is 4.79 Å². The van der Waals surface area contributed by atoms with Crippen molar-refractivity contribution in [1.82, 2.24) is 5.32 Å². The van der Waals surface area contributed by atoms with Crippen molar-refractivity contribution in [2.75, 3.05) is 5.73 Å². The molecule has 1 heterocycles. The molecule has 0 radical (unpaired) electrons. The van der Waals surface area contributed by atoms with Gasteiger partial charge in [-0.15, -0.1) is 11.3 Å². The zero-order valence-electron chi connectivity index (χ0n) is 11.3. The van der Waals surface area contributed by atoms with Crippen molar-refractivity contribution in [3.05, 3.63) is 28.1 Å². The molecule has 1 unspecified atom stereocenters. The van der Waals surface area contributed by atoms with Gasteiger partial charge in [-0.3, -0.25) is 4.79 Å². The van der Waals surface area contributed by atoms with Crippen LogP contribution in [0.3, 0.4) is 0 Å². The minimum Gasteiger partial charge on any atom is -0.397 e. The van der Waals surface area contributed by atoms with E-state index >= 15 is 0 Å². The summed E-state index contributed by atoms with van der Waals surface area (Å²) in [7, 11) is 0. The van der Waals surface area contributed by atoms with Crippen molar-refractivity contribution in [3.8, 4) is 0 Å². The standard InChI is InChI=1S/C15H17ClN2OS/c1-8(9-4-2-5-9)18-15(19)14-13(17)12-10(16)6-3-7-11(12)20-14/h3,6-9H,2,4-5,17H2,1H3,(H,18,19). The number of carbonyl (C=O) groups is 1. The zero-order chi connectivity index (χ0) is 14.3. The second-order valence-electron chi connectivity index (χ2n) is 5.41. The molecule has 106 valence electrons. The summed E-state index contributed by atoms with van der Waals surface area (Å²) in [6, 6.07) is 5.82. The van der Waals surface area contributed by atoms with E-state index in [0.717, 1.165) is 10.1 Å². The Bertz CT molecular complexity index is 663. The highest BCUT2D eigenvalue weighted by Gasteiger charge is 2.26. The van der Waals surface area contributed by atoms with Crippen LogP contribution in [0.4, 0.5) is 5.69 Å². The van der Waals surface area contributed by atoms with Crippen LogP contribution in [0, 0.1) is 5.92 Å². The minimum atomic E-state index is -0.0841. The molecular weight excluding hydrogens is 292 g/mol. The maximum atomic E-state index is 12.4. The molecule has 1 fully saturated rings. The molecule has 1 amide bonds. The van der Waals surface area contributed by atoms with Crippen molar-refractivity contribution in [2.45, 2.75) is 32.2 Å². The summed E-state index contributed by atoms with van der Waals surface area (Å²) in [5.41, 5.74) is 6.60. The van der Waals surface area contributed by atoms with Gasteiger partial charge in [-0.25, -0.2) is 0 Å². The summed E-state index contributed by atoms with van der Waals surface area (Å²) < 4.78 is 0.955. The van der Waals surface area contributed by atoms with Gasteiger partial charge in [0.05, 0.1) is 10.7 Å². The lowest BCUT2D eigenvalue weighted by atomic mass is 9.80. The van der Waals surface area contributed by atoms with Crippen LogP contribution in [0.5, 0.6) is 0 Å². The summed E-state index contributed by atoms with van der Waals surface area (Å²) in [6.07, 6.45) is 3.68. The van der Waals surface area contributed by atoms with Gasteiger partial charge < -0.3 is 11.1 Å². The number of nitrogens with two attached hydrogens (primary N) is 1. The van der Waals surface area contributed by atoms with E-state index in [1.807, 2.05) is 12.1 Å². The molecule has 0 saturated heterocycles. The second-order valence-corrected chi connectivity index (χ2v) is 6.87. The first-order valence-electron chi connectivity index (χ1n) is 6.85. The van der Waals surface area contributed by atoms with Gasteiger partial charge in [0.2, 0.25) is 0 Å². The molecule has 3 N–H and O–H groups in total. The van der Waals surface area contributed by atoms with Gasteiger partial charge in [0.15, 0.2) is 0 Å². The number of fused-ring (bicyclic) bond motifs is 1. The Balaban J connectivity index is 1.87. The van der Waals surface area contributed by atoms with Crippen molar-refractivity contribution in [3.63, 3.8) is 0 Å². The summed E-state index contributed by atoms with van der Waals surface area (Å²) in [5, 5.41) is 4.46. The molecule has 1 aromatic heterocycles. The van der Waals surface area contributed by atoms with E-state index in [4.69, 9.17) is 17.3 Å². The lowest BCUT2D eigenvalue weighted by Crippen LogP contribution is -2.40. The number of amides is 1. The first-order valence-corrected chi connectivity index (χ1v) is 8.04. The summed E-state index contributed by atoms with van der Waals surface area (Å²) in [4.78, 5) is 12.9. The molecule has 0 bridgehead atoms. The number of thiophene rings is 1. The molecule has 1 saturated carbocycles. The van der Waals surface area contributed by atoms with Crippen LogP contribution in [0.15, 0.2) is 18.2 Å². The maximum Gasteiger partial charge on any atom is 0.263 e. The summed E-state index contributed by atoms with van der Waals surface area (Å²) >= 11 is 7.57. The van der Waals surface area contributed by atoms with Gasteiger partial charge in [-0.05, 0) is 37.8 Å². The van der Waals surface area contributed by atoms with Crippen LogP contribution in [-0.4, -0.2) is 11.9 Å². The van der Waals surface area contributed by atoms with E-state index in [9.17, 15) is 4.79 Å². The fraction of sp³-hybridized carbons (Fsp3) is 0.400. The summed E-state index contributed by atoms with van der Waals surface area (Å²) in [6.45, 7) is 2.07. The van der Waals surface area contributed by atoms with Crippen LogP contribution in [-0.2, 0) is 0 Å². The van der Waals surface area contributed by atoms with Gasteiger partial charge in [-0.2, -0.15) is 0 Å². The highest BCUT2D eigenvalue weighted by atomic mass is 35.5. The third-order valence-electron chi connectivity index (χ3n) is 4.12. The van der Waals surface area contributed by atoms with Crippen LogP contribution < -0.4 is 11.1 Å². The highest BCUT2D eigenvalue weighted by molar-refractivity contribution is 7.21. The normalized spacial score (nSPS) is 16.9. The number of anilines is 1. The van der Waals surface area contributed by atoms with E-state index in [1.165, 1.54) is 30.6 Å². The first-order chi connectivity index (χ1) is 9.58. The Morgan fingerprint density at radius 2 is 2.25 bits per heavy atom. The lowest BCUT2D eigenvalue weighted by Gasteiger charge is -2.31. The van der Waals surface area contributed by atoms with Crippen LogP contribution >= 0.6 is 22.9 Å². The predicted molar refractivity (Wildman–Crippen MR) is 85.5 cm³/mol. The van der Waals surface area contributed by atoms with E-state index in [0.29, 0.717) is 21.5 Å². The topological polar surface area (TPSA) is 55.1 Å². The Labute approximate surface area is 127 Å². The molecule has 1 atom stereocenters. The smallest absolute Gasteiger partial charge is 0.263 e. The fourth-order valence-corrected chi connectivity index (χ4v) is 4.01.